The van der Waals surface area contributed by atoms with Crippen LogP contribution in [0.5, 0.6) is 5.75 Å². The molecule has 5 atom stereocenters. The van der Waals surface area contributed by atoms with Crippen LogP contribution in [0.2, 0.25) is 5.02 Å². The van der Waals surface area contributed by atoms with E-state index in [4.69, 9.17) is 25.8 Å². The van der Waals surface area contributed by atoms with Crippen molar-refractivity contribution in [1.82, 2.24) is 0 Å². The Morgan fingerprint density at radius 3 is 2.37 bits per heavy atom. The molecule has 1 aliphatic rings. The first-order valence-electron chi connectivity index (χ1n) is 9.75. The normalized spacial score (nSPS) is 29.0. The molecule has 2 aromatic rings. The van der Waals surface area contributed by atoms with Gasteiger partial charge in [0.1, 0.15) is 30.2 Å². The predicted octanol–water partition coefficient (Wildman–Crippen LogP) is 1.60. The van der Waals surface area contributed by atoms with Gasteiger partial charge in [-0.3, -0.25) is 0 Å². The largest absolute Gasteiger partial charge is 0.494 e. The van der Waals surface area contributed by atoms with Crippen molar-refractivity contribution >= 4 is 11.6 Å². The zero-order valence-electron chi connectivity index (χ0n) is 16.9. The number of benzene rings is 2. The molecular weight excluding hydrogens is 412 g/mol. The molecule has 0 radical (unpaired) electrons. The quantitative estimate of drug-likeness (QED) is 0.520. The van der Waals surface area contributed by atoms with Gasteiger partial charge in [-0.15, -0.1) is 0 Å². The lowest BCUT2D eigenvalue weighted by molar-refractivity contribution is -0.366. The van der Waals surface area contributed by atoms with E-state index in [-0.39, 0.29) is 0 Å². The highest BCUT2D eigenvalue weighted by Crippen LogP contribution is 2.40. The second-order valence-electron chi connectivity index (χ2n) is 7.20. The molecule has 8 heteroatoms. The average molecular weight is 439 g/mol. The van der Waals surface area contributed by atoms with Crippen molar-refractivity contribution in [2.24, 2.45) is 0 Å². The van der Waals surface area contributed by atoms with Crippen LogP contribution < -0.4 is 4.74 Å². The average Bonchev–Trinajstić information content (AvgIpc) is 2.76. The van der Waals surface area contributed by atoms with Crippen LogP contribution in [0.3, 0.4) is 0 Å². The minimum atomic E-state index is -1.77. The lowest BCUT2D eigenvalue weighted by Gasteiger charge is -2.47. The summed E-state index contributed by atoms with van der Waals surface area (Å²) in [7, 11) is 1.32. The lowest BCUT2D eigenvalue weighted by Crippen LogP contribution is -2.64. The monoisotopic (exact) mass is 438 g/mol. The number of methoxy groups -OCH3 is 1. The van der Waals surface area contributed by atoms with Gasteiger partial charge in [-0.2, -0.15) is 0 Å². The molecule has 3 rings (SSSR count). The van der Waals surface area contributed by atoms with E-state index >= 15 is 0 Å². The molecule has 0 spiro atoms. The van der Waals surface area contributed by atoms with E-state index in [2.05, 4.69) is 0 Å². The molecule has 0 aromatic heterocycles. The van der Waals surface area contributed by atoms with E-state index < -0.39 is 36.8 Å². The third kappa shape index (κ3) is 4.33. The van der Waals surface area contributed by atoms with Gasteiger partial charge in [0.25, 0.3) is 0 Å². The number of ether oxygens (including phenoxy) is 3. The summed E-state index contributed by atoms with van der Waals surface area (Å²) in [6.07, 6.45) is -5.23. The molecule has 1 saturated heterocycles. The van der Waals surface area contributed by atoms with Gasteiger partial charge >= 0.3 is 0 Å². The number of aliphatic hydroxyl groups excluding tert-OH is 4. The number of hydrogen-bond donors (Lipinski definition) is 4. The van der Waals surface area contributed by atoms with Crippen LogP contribution in [-0.4, -0.2) is 65.2 Å². The first kappa shape index (κ1) is 23.0. The summed E-state index contributed by atoms with van der Waals surface area (Å²) in [6, 6.07) is 12.6. The maximum Gasteiger partial charge on any atom is 0.224 e. The molecule has 4 N–H and O–H groups in total. The van der Waals surface area contributed by atoms with E-state index in [1.54, 1.807) is 18.2 Å². The van der Waals surface area contributed by atoms with Crippen molar-refractivity contribution in [1.29, 1.82) is 0 Å². The number of rotatable bonds is 7. The Kier molecular flexibility index (Phi) is 7.36. The van der Waals surface area contributed by atoms with Crippen LogP contribution in [0.15, 0.2) is 42.5 Å². The van der Waals surface area contributed by atoms with Gasteiger partial charge in [-0.05, 0) is 48.7 Å². The first-order chi connectivity index (χ1) is 14.4. The van der Waals surface area contributed by atoms with Gasteiger partial charge < -0.3 is 34.6 Å². The molecule has 4 unspecified atom stereocenters. The fourth-order valence-corrected chi connectivity index (χ4v) is 3.87. The fourth-order valence-electron chi connectivity index (χ4n) is 3.68. The van der Waals surface area contributed by atoms with Gasteiger partial charge in [-0.25, -0.2) is 0 Å². The summed E-state index contributed by atoms with van der Waals surface area (Å²) in [5.74, 6) is -0.995. The van der Waals surface area contributed by atoms with E-state index in [1.807, 2.05) is 31.2 Å². The minimum absolute atomic E-state index is 0.409. The van der Waals surface area contributed by atoms with Gasteiger partial charge in [0.05, 0.1) is 13.2 Å². The smallest absolute Gasteiger partial charge is 0.224 e. The van der Waals surface area contributed by atoms with E-state index in [1.165, 1.54) is 7.11 Å². The summed E-state index contributed by atoms with van der Waals surface area (Å²) in [5.41, 5.74) is 2.16. The summed E-state index contributed by atoms with van der Waals surface area (Å²) >= 11 is 6.40. The molecule has 1 fully saturated rings. The molecule has 164 valence electrons. The van der Waals surface area contributed by atoms with Crippen LogP contribution in [0, 0.1) is 0 Å². The Morgan fingerprint density at radius 2 is 1.77 bits per heavy atom. The van der Waals surface area contributed by atoms with Gasteiger partial charge in [0.2, 0.25) is 5.79 Å². The predicted molar refractivity (Wildman–Crippen MR) is 111 cm³/mol. The third-order valence-corrected chi connectivity index (χ3v) is 5.70. The van der Waals surface area contributed by atoms with Crippen molar-refractivity contribution in [2.45, 2.75) is 43.5 Å². The summed E-state index contributed by atoms with van der Waals surface area (Å²) in [4.78, 5) is 0. The van der Waals surface area contributed by atoms with E-state index in [9.17, 15) is 20.4 Å². The van der Waals surface area contributed by atoms with Crippen molar-refractivity contribution in [2.75, 3.05) is 20.3 Å². The van der Waals surface area contributed by atoms with E-state index in [0.29, 0.717) is 23.6 Å². The molecule has 1 heterocycles. The molecule has 0 bridgehead atoms. The highest BCUT2D eigenvalue weighted by molar-refractivity contribution is 6.31. The lowest BCUT2D eigenvalue weighted by atomic mass is 9.87. The molecule has 2 aromatic carbocycles. The molecule has 0 saturated carbocycles. The van der Waals surface area contributed by atoms with Gasteiger partial charge in [-0.1, -0.05) is 29.8 Å². The zero-order valence-corrected chi connectivity index (χ0v) is 17.6. The maximum atomic E-state index is 10.7. The van der Waals surface area contributed by atoms with Crippen molar-refractivity contribution in [3.8, 4) is 5.75 Å². The molecule has 0 aliphatic carbocycles. The second kappa shape index (κ2) is 9.62. The highest BCUT2D eigenvalue weighted by atomic mass is 35.5. The first-order valence-corrected chi connectivity index (χ1v) is 10.1. The van der Waals surface area contributed by atoms with Gasteiger partial charge in [0.15, 0.2) is 0 Å². The van der Waals surface area contributed by atoms with Crippen molar-refractivity contribution < 1.29 is 34.6 Å². The van der Waals surface area contributed by atoms with Crippen LogP contribution in [0.1, 0.15) is 23.6 Å². The van der Waals surface area contributed by atoms with Crippen LogP contribution >= 0.6 is 11.6 Å². The van der Waals surface area contributed by atoms with Crippen molar-refractivity contribution in [3.05, 3.63) is 64.2 Å². The van der Waals surface area contributed by atoms with Crippen LogP contribution in [0.4, 0.5) is 0 Å². The number of aliphatic hydroxyl groups is 4. The Morgan fingerprint density at radius 1 is 1.07 bits per heavy atom. The topological polar surface area (TPSA) is 109 Å². The zero-order chi connectivity index (χ0) is 21.9. The standard InChI is InChI=1S/C22H27ClO7/c1-3-29-16-7-4-13(5-8-16)10-14-11-15(6-9-17(14)23)22(28-2)21(27)20(26)19(25)18(12-24)30-22/h4-9,11,18-21,24-27H,3,10,12H2,1-2H3/t18?,19?,20?,21?,22-/m0/s1. The van der Waals surface area contributed by atoms with Gasteiger partial charge in [0, 0.05) is 17.7 Å². The number of hydrogen-bond acceptors (Lipinski definition) is 7. The maximum absolute atomic E-state index is 10.7. The summed E-state index contributed by atoms with van der Waals surface area (Å²) in [6.45, 7) is 1.95. The Bertz CT molecular complexity index is 842. The van der Waals surface area contributed by atoms with E-state index in [0.717, 1.165) is 16.9 Å². The molecule has 30 heavy (non-hydrogen) atoms. The molecule has 7 nitrogen and oxygen atoms in total. The summed E-state index contributed by atoms with van der Waals surface area (Å²) < 4.78 is 16.7. The Balaban J connectivity index is 1.94. The van der Waals surface area contributed by atoms with Crippen LogP contribution in [0.25, 0.3) is 0 Å². The molecule has 0 amide bonds. The SMILES string of the molecule is CCOc1ccc(Cc2cc([C@]3(OC)OC(CO)C(O)C(O)C3O)ccc2Cl)cc1. The number of halogens is 1. The minimum Gasteiger partial charge on any atom is -0.494 e. The summed E-state index contributed by atoms with van der Waals surface area (Å²) in [5, 5.41) is 41.1. The third-order valence-electron chi connectivity index (χ3n) is 5.33. The van der Waals surface area contributed by atoms with Crippen molar-refractivity contribution in [3.63, 3.8) is 0 Å². The van der Waals surface area contributed by atoms with Crippen LogP contribution in [-0.2, 0) is 21.7 Å². The fraction of sp³-hybridized carbons (Fsp3) is 0.455. The Labute approximate surface area is 180 Å². The second-order valence-corrected chi connectivity index (χ2v) is 7.60. The highest BCUT2D eigenvalue weighted by Gasteiger charge is 2.55. The molecule has 1 aliphatic heterocycles. The molecular formula is C22H27ClO7. The Hall–Kier alpha value is -1.71.